The van der Waals surface area contributed by atoms with Crippen molar-refractivity contribution in [3.05, 3.63) is 78.2 Å². The smallest absolute Gasteiger partial charge is 0.255 e. The van der Waals surface area contributed by atoms with Crippen molar-refractivity contribution in [3.8, 4) is 22.6 Å². The molecule has 206 valence electrons. The third-order valence-electron chi connectivity index (χ3n) is 7.06. The highest BCUT2D eigenvalue weighted by Gasteiger charge is 2.27. The van der Waals surface area contributed by atoms with Crippen LogP contribution in [0, 0.1) is 0 Å². The molecule has 4 N–H and O–H groups in total. The molecule has 2 aliphatic rings. The first-order valence-corrected chi connectivity index (χ1v) is 13.1. The number of ether oxygens (including phenoxy) is 1. The highest BCUT2D eigenvalue weighted by atomic mass is 16.5. The predicted octanol–water partition coefficient (Wildman–Crippen LogP) is 4.99. The Morgan fingerprint density at radius 3 is 2.71 bits per heavy atom. The molecule has 11 heteroatoms. The third-order valence-corrected chi connectivity index (χ3v) is 7.06. The summed E-state index contributed by atoms with van der Waals surface area (Å²) in [5.74, 6) is 0.757. The number of aromatic nitrogens is 2. The zero-order chi connectivity index (χ0) is 28.5. The van der Waals surface area contributed by atoms with Gasteiger partial charge in [0.15, 0.2) is 0 Å². The molecule has 41 heavy (non-hydrogen) atoms. The molecule has 4 aromatic rings. The van der Waals surface area contributed by atoms with Gasteiger partial charge in [-0.2, -0.15) is 0 Å². The number of amides is 3. The van der Waals surface area contributed by atoms with Crippen LogP contribution in [0.25, 0.3) is 11.1 Å². The summed E-state index contributed by atoms with van der Waals surface area (Å²) in [6, 6.07) is 13.7. The van der Waals surface area contributed by atoms with Gasteiger partial charge in [0.05, 0.1) is 29.5 Å². The Labute approximate surface area is 235 Å². The fourth-order valence-electron chi connectivity index (χ4n) is 5.06. The minimum atomic E-state index is -0.453. The molecule has 3 amide bonds. The van der Waals surface area contributed by atoms with E-state index in [-0.39, 0.29) is 29.0 Å². The SMILES string of the molecule is CC1Oc2cc(N3CCCC3=O)ccc2-c2cnc(Nc3cncc(NC(=O)c4ccc(NC=O)c(O)c4)c3)cc21. The van der Waals surface area contributed by atoms with Gasteiger partial charge in [-0.05, 0) is 55.8 Å². The van der Waals surface area contributed by atoms with Crippen LogP contribution in [0.5, 0.6) is 11.5 Å². The van der Waals surface area contributed by atoms with E-state index in [1.807, 2.05) is 31.2 Å². The van der Waals surface area contributed by atoms with Crippen LogP contribution in [0.15, 0.2) is 67.1 Å². The van der Waals surface area contributed by atoms with Crippen LogP contribution in [0.1, 0.15) is 41.8 Å². The largest absolute Gasteiger partial charge is 0.506 e. The summed E-state index contributed by atoms with van der Waals surface area (Å²) in [5, 5.41) is 18.4. The minimum absolute atomic E-state index is 0.131. The molecule has 0 spiro atoms. The number of hydrogen-bond acceptors (Lipinski definition) is 8. The lowest BCUT2D eigenvalue weighted by Gasteiger charge is -2.28. The summed E-state index contributed by atoms with van der Waals surface area (Å²) in [5.41, 5.74) is 5.13. The van der Waals surface area contributed by atoms with Gasteiger partial charge in [-0.1, -0.05) is 0 Å². The van der Waals surface area contributed by atoms with E-state index < -0.39 is 5.91 Å². The number of phenols is 1. The lowest BCUT2D eigenvalue weighted by molar-refractivity contribution is -0.117. The van der Waals surface area contributed by atoms with Gasteiger partial charge >= 0.3 is 0 Å². The van der Waals surface area contributed by atoms with Crippen LogP contribution >= 0.6 is 0 Å². The molecule has 0 aliphatic carbocycles. The molecule has 1 fully saturated rings. The van der Waals surface area contributed by atoms with E-state index in [0.29, 0.717) is 30.0 Å². The quantitative estimate of drug-likeness (QED) is 0.186. The molecule has 1 unspecified atom stereocenters. The maximum Gasteiger partial charge on any atom is 0.255 e. The molecule has 2 aromatic carbocycles. The average molecular weight is 551 g/mol. The Hall–Kier alpha value is -5.45. The van der Waals surface area contributed by atoms with Crippen LogP contribution in [-0.2, 0) is 9.59 Å². The molecule has 1 atom stereocenters. The topological polar surface area (TPSA) is 146 Å². The number of fused-ring (bicyclic) bond motifs is 3. The minimum Gasteiger partial charge on any atom is -0.506 e. The van der Waals surface area contributed by atoms with Crippen molar-refractivity contribution in [1.29, 1.82) is 0 Å². The van der Waals surface area contributed by atoms with Crippen LogP contribution in [0.2, 0.25) is 0 Å². The van der Waals surface area contributed by atoms with Crippen LogP contribution in [-0.4, -0.2) is 39.8 Å². The third kappa shape index (κ3) is 5.12. The first-order chi connectivity index (χ1) is 19.9. The lowest BCUT2D eigenvalue weighted by Crippen LogP contribution is -2.24. The number of nitrogens with one attached hydrogen (secondary N) is 3. The van der Waals surface area contributed by atoms with Gasteiger partial charge in [0.25, 0.3) is 5.91 Å². The van der Waals surface area contributed by atoms with Crippen LogP contribution in [0.4, 0.5) is 28.6 Å². The summed E-state index contributed by atoms with van der Waals surface area (Å²) in [4.78, 5) is 46.1. The van der Waals surface area contributed by atoms with Crippen molar-refractivity contribution in [2.45, 2.75) is 25.9 Å². The van der Waals surface area contributed by atoms with Gasteiger partial charge in [-0.3, -0.25) is 19.4 Å². The van der Waals surface area contributed by atoms with Gasteiger partial charge in [0, 0.05) is 53.2 Å². The highest BCUT2D eigenvalue weighted by molar-refractivity contribution is 6.05. The normalized spacial score (nSPS) is 15.4. The van der Waals surface area contributed by atoms with Crippen LogP contribution < -0.4 is 25.6 Å². The van der Waals surface area contributed by atoms with Gasteiger partial charge in [-0.25, -0.2) is 4.98 Å². The van der Waals surface area contributed by atoms with E-state index >= 15 is 0 Å². The monoisotopic (exact) mass is 550 g/mol. The van der Waals surface area contributed by atoms with Crippen molar-refractivity contribution in [1.82, 2.24) is 9.97 Å². The van der Waals surface area contributed by atoms with Gasteiger partial charge in [0.1, 0.15) is 23.4 Å². The molecule has 0 bridgehead atoms. The number of rotatable bonds is 7. The van der Waals surface area contributed by atoms with Crippen molar-refractivity contribution < 1.29 is 24.2 Å². The van der Waals surface area contributed by atoms with Crippen molar-refractivity contribution in [2.75, 3.05) is 27.4 Å². The fourth-order valence-corrected chi connectivity index (χ4v) is 5.06. The molecule has 1 saturated heterocycles. The Kier molecular flexibility index (Phi) is 6.68. The summed E-state index contributed by atoms with van der Waals surface area (Å²) < 4.78 is 6.24. The summed E-state index contributed by atoms with van der Waals surface area (Å²) in [6.45, 7) is 2.69. The van der Waals surface area contributed by atoms with E-state index in [9.17, 15) is 19.5 Å². The lowest BCUT2D eigenvalue weighted by atomic mass is 9.94. The standard InChI is InChI=1S/C30H26N6O5/c1-17-23-12-28(32-15-24(23)22-6-5-21(11-27(22)41-17)36-8-2-3-29(36)39)34-19-10-20(14-31-13-19)35-30(40)18-4-7-25(33-16-37)26(38)9-18/h4-7,9-17,38H,2-3,8H2,1H3,(H,32,34)(H,33,37)(H,35,40). The molecule has 4 heterocycles. The zero-order valence-electron chi connectivity index (χ0n) is 22.0. The number of pyridine rings is 2. The number of benzene rings is 2. The molecule has 0 radical (unpaired) electrons. The number of carbonyl (C=O) groups is 3. The second-order valence-electron chi connectivity index (χ2n) is 9.78. The summed E-state index contributed by atoms with van der Waals surface area (Å²) >= 11 is 0. The molecule has 2 aromatic heterocycles. The summed E-state index contributed by atoms with van der Waals surface area (Å²) in [7, 11) is 0. The molecule has 2 aliphatic heterocycles. The van der Waals surface area contributed by atoms with E-state index in [0.717, 1.165) is 41.1 Å². The van der Waals surface area contributed by atoms with Crippen molar-refractivity contribution in [2.24, 2.45) is 0 Å². The molecule has 11 nitrogen and oxygen atoms in total. The molecular formula is C30H26N6O5. The first kappa shape index (κ1) is 25.8. The van der Waals surface area contributed by atoms with Gasteiger partial charge in [0.2, 0.25) is 12.3 Å². The second kappa shape index (κ2) is 10.6. The molecular weight excluding hydrogens is 524 g/mol. The molecule has 0 saturated carbocycles. The Balaban J connectivity index is 1.19. The fraction of sp³-hybridized carbons (Fsp3) is 0.167. The Bertz CT molecular complexity index is 1690. The van der Waals surface area contributed by atoms with Gasteiger partial charge in [-0.15, -0.1) is 0 Å². The van der Waals surface area contributed by atoms with E-state index in [4.69, 9.17) is 4.74 Å². The Morgan fingerprint density at radius 2 is 1.93 bits per heavy atom. The maximum absolute atomic E-state index is 12.7. The van der Waals surface area contributed by atoms with Gasteiger partial charge < -0.3 is 30.7 Å². The van der Waals surface area contributed by atoms with E-state index in [2.05, 4.69) is 25.9 Å². The average Bonchev–Trinajstić information content (AvgIpc) is 3.40. The number of hydrogen-bond donors (Lipinski definition) is 4. The van der Waals surface area contributed by atoms with E-state index in [1.54, 1.807) is 23.4 Å². The first-order valence-electron chi connectivity index (χ1n) is 13.1. The Morgan fingerprint density at radius 1 is 1.07 bits per heavy atom. The number of aromatic hydroxyl groups is 1. The number of nitrogens with zero attached hydrogens (tertiary/aromatic N) is 3. The second-order valence-corrected chi connectivity index (χ2v) is 9.78. The number of carbonyl (C=O) groups excluding carboxylic acids is 3. The summed E-state index contributed by atoms with van der Waals surface area (Å²) in [6.07, 6.45) is 6.55. The van der Waals surface area contributed by atoms with E-state index in [1.165, 1.54) is 24.4 Å². The maximum atomic E-state index is 12.7. The highest BCUT2D eigenvalue weighted by Crippen LogP contribution is 2.44. The molecule has 6 rings (SSSR count). The van der Waals surface area contributed by atoms with Crippen molar-refractivity contribution in [3.63, 3.8) is 0 Å². The predicted molar refractivity (Wildman–Crippen MR) is 154 cm³/mol. The van der Waals surface area contributed by atoms with Crippen molar-refractivity contribution >= 4 is 46.8 Å². The number of anilines is 5. The zero-order valence-corrected chi connectivity index (χ0v) is 22.0. The van der Waals surface area contributed by atoms with Crippen LogP contribution in [0.3, 0.4) is 0 Å². The number of phenolic OH excluding ortho intramolecular Hbond substituents is 1.